The number of aromatic amines is 1. The van der Waals surface area contributed by atoms with Gasteiger partial charge in [-0.15, -0.1) is 11.3 Å². The molecular weight excluding hydrogens is 434 g/mol. The summed E-state index contributed by atoms with van der Waals surface area (Å²) in [5.41, 5.74) is 1.65. The van der Waals surface area contributed by atoms with Gasteiger partial charge in [-0.25, -0.2) is 4.98 Å². The molecule has 0 radical (unpaired) electrons. The number of aliphatic hydroxyl groups excluding tert-OH is 1. The van der Waals surface area contributed by atoms with Gasteiger partial charge in [0.05, 0.1) is 24.6 Å². The molecular formula is C23H30ClN3O3S. The van der Waals surface area contributed by atoms with E-state index in [0.717, 1.165) is 24.1 Å². The fourth-order valence-corrected chi connectivity index (χ4v) is 4.56. The molecule has 2 N–H and O–H groups in total. The molecule has 0 aliphatic carbocycles. The first-order chi connectivity index (χ1) is 14.9. The van der Waals surface area contributed by atoms with Crippen molar-refractivity contribution in [3.05, 3.63) is 50.8 Å². The average molecular weight is 464 g/mol. The highest BCUT2D eigenvalue weighted by atomic mass is 35.5. The number of halogens is 1. The highest BCUT2D eigenvalue weighted by molar-refractivity contribution is 7.17. The Morgan fingerprint density at radius 1 is 1.26 bits per heavy atom. The molecule has 3 rings (SSSR count). The van der Waals surface area contributed by atoms with Crippen molar-refractivity contribution >= 4 is 33.2 Å². The minimum absolute atomic E-state index is 0.150. The van der Waals surface area contributed by atoms with E-state index in [1.165, 1.54) is 11.3 Å². The van der Waals surface area contributed by atoms with Crippen molar-refractivity contribution in [1.82, 2.24) is 14.9 Å². The predicted octanol–water partition coefficient (Wildman–Crippen LogP) is 4.55. The molecule has 3 aromatic rings. The van der Waals surface area contributed by atoms with Gasteiger partial charge in [-0.2, -0.15) is 0 Å². The van der Waals surface area contributed by atoms with Crippen LogP contribution in [0.25, 0.3) is 21.3 Å². The molecule has 1 aromatic carbocycles. The maximum atomic E-state index is 12.9. The number of aliphatic hydroxyl groups is 1. The zero-order valence-corrected chi connectivity index (χ0v) is 19.8. The summed E-state index contributed by atoms with van der Waals surface area (Å²) in [5.74, 6) is 1.04. The third-order valence-corrected chi connectivity index (χ3v) is 5.92. The lowest BCUT2D eigenvalue weighted by atomic mass is 10.1. The van der Waals surface area contributed by atoms with Gasteiger partial charge in [0.1, 0.15) is 10.7 Å². The lowest BCUT2D eigenvalue weighted by molar-refractivity contribution is 0.00657. The predicted molar refractivity (Wildman–Crippen MR) is 128 cm³/mol. The zero-order valence-electron chi connectivity index (χ0n) is 18.2. The SMILES string of the molecule is CCCN(Cc1nc2scc(-c3ccc(Cl)cc3)c2c(=O)[nH]1)C[C@H](O)COCC(C)C. The van der Waals surface area contributed by atoms with E-state index >= 15 is 0 Å². The van der Waals surface area contributed by atoms with Gasteiger partial charge in [0.15, 0.2) is 0 Å². The summed E-state index contributed by atoms with van der Waals surface area (Å²) < 4.78 is 5.56. The van der Waals surface area contributed by atoms with Gasteiger partial charge in [0.2, 0.25) is 0 Å². The lowest BCUT2D eigenvalue weighted by Crippen LogP contribution is -2.36. The monoisotopic (exact) mass is 463 g/mol. The van der Waals surface area contributed by atoms with E-state index in [9.17, 15) is 9.90 Å². The highest BCUT2D eigenvalue weighted by Gasteiger charge is 2.17. The lowest BCUT2D eigenvalue weighted by Gasteiger charge is -2.24. The quantitative estimate of drug-likeness (QED) is 0.436. The van der Waals surface area contributed by atoms with Gasteiger partial charge in [0.25, 0.3) is 5.56 Å². The molecule has 8 heteroatoms. The summed E-state index contributed by atoms with van der Waals surface area (Å²) in [6, 6.07) is 7.44. The molecule has 168 valence electrons. The van der Waals surface area contributed by atoms with Crippen molar-refractivity contribution in [2.45, 2.75) is 39.8 Å². The Hall–Kier alpha value is -1.77. The van der Waals surface area contributed by atoms with Crippen molar-refractivity contribution in [1.29, 1.82) is 0 Å². The number of nitrogens with zero attached hydrogens (tertiary/aromatic N) is 2. The topological polar surface area (TPSA) is 78.5 Å². The van der Waals surface area contributed by atoms with Crippen LogP contribution in [0.5, 0.6) is 0 Å². The Balaban J connectivity index is 1.75. The number of hydrogen-bond acceptors (Lipinski definition) is 6. The molecule has 0 aliphatic heterocycles. The van der Waals surface area contributed by atoms with Crippen LogP contribution in [0.1, 0.15) is 33.0 Å². The van der Waals surface area contributed by atoms with Crippen LogP contribution in [0.2, 0.25) is 5.02 Å². The first-order valence-electron chi connectivity index (χ1n) is 10.6. The smallest absolute Gasteiger partial charge is 0.260 e. The first-order valence-corrected chi connectivity index (χ1v) is 11.9. The van der Waals surface area contributed by atoms with E-state index in [0.29, 0.717) is 53.3 Å². The fourth-order valence-electron chi connectivity index (χ4n) is 3.46. The molecule has 31 heavy (non-hydrogen) atoms. The third-order valence-electron chi connectivity index (χ3n) is 4.79. The molecule has 6 nitrogen and oxygen atoms in total. The van der Waals surface area contributed by atoms with Gasteiger partial charge in [-0.05, 0) is 36.6 Å². The third kappa shape index (κ3) is 6.60. The second-order valence-corrected chi connectivity index (χ2v) is 9.46. The van der Waals surface area contributed by atoms with E-state index in [-0.39, 0.29) is 5.56 Å². The number of fused-ring (bicyclic) bond motifs is 1. The molecule has 0 saturated heterocycles. The number of benzene rings is 1. The first kappa shape index (κ1) is 23.9. The number of rotatable bonds is 11. The standard InChI is InChI=1S/C23H30ClN3O3S/c1-4-9-27(10-18(28)13-30-12-15(2)3)11-20-25-22(29)21-19(14-31-23(21)26-20)16-5-7-17(24)8-6-16/h5-8,14-15,18,28H,4,9-13H2,1-3H3,(H,25,26,29)/t18-/m0/s1. The molecule has 0 spiro atoms. The number of H-pyrrole nitrogens is 1. The summed E-state index contributed by atoms with van der Waals surface area (Å²) in [6.45, 7) is 8.91. The maximum absolute atomic E-state index is 12.9. The van der Waals surface area contributed by atoms with Crippen molar-refractivity contribution in [2.75, 3.05) is 26.3 Å². The number of nitrogens with one attached hydrogen (secondary N) is 1. The summed E-state index contributed by atoms with van der Waals surface area (Å²) in [6.07, 6.45) is 0.352. The Labute approximate surface area is 191 Å². The van der Waals surface area contributed by atoms with Crippen molar-refractivity contribution in [2.24, 2.45) is 5.92 Å². The summed E-state index contributed by atoms with van der Waals surface area (Å²) in [7, 11) is 0. The largest absolute Gasteiger partial charge is 0.389 e. The second kappa shape index (κ2) is 11.2. The Morgan fingerprint density at radius 2 is 2.00 bits per heavy atom. The van der Waals surface area contributed by atoms with E-state index in [2.05, 4.69) is 30.7 Å². The van der Waals surface area contributed by atoms with Crippen LogP contribution in [0.3, 0.4) is 0 Å². The van der Waals surface area contributed by atoms with E-state index in [1.807, 2.05) is 29.6 Å². The van der Waals surface area contributed by atoms with Crippen LogP contribution in [0.15, 0.2) is 34.4 Å². The Morgan fingerprint density at radius 3 is 2.68 bits per heavy atom. The maximum Gasteiger partial charge on any atom is 0.260 e. The van der Waals surface area contributed by atoms with Gasteiger partial charge >= 0.3 is 0 Å². The summed E-state index contributed by atoms with van der Waals surface area (Å²) in [5, 5.41) is 13.6. The Kier molecular flexibility index (Phi) is 8.63. The minimum Gasteiger partial charge on any atom is -0.389 e. The van der Waals surface area contributed by atoms with Crippen LogP contribution in [0, 0.1) is 5.92 Å². The molecule has 0 bridgehead atoms. The van der Waals surface area contributed by atoms with Crippen LogP contribution >= 0.6 is 22.9 Å². The highest BCUT2D eigenvalue weighted by Crippen LogP contribution is 2.31. The van der Waals surface area contributed by atoms with E-state index < -0.39 is 6.10 Å². The van der Waals surface area contributed by atoms with Crippen LogP contribution in [0.4, 0.5) is 0 Å². The molecule has 2 aromatic heterocycles. The number of thiophene rings is 1. The number of aromatic nitrogens is 2. The number of hydrogen-bond donors (Lipinski definition) is 2. The number of ether oxygens (including phenoxy) is 1. The molecule has 0 saturated carbocycles. The normalized spacial score (nSPS) is 12.9. The van der Waals surface area contributed by atoms with Crippen LogP contribution in [-0.2, 0) is 11.3 Å². The summed E-state index contributed by atoms with van der Waals surface area (Å²) >= 11 is 7.44. The molecule has 0 aliphatic rings. The van der Waals surface area contributed by atoms with Crippen molar-refractivity contribution in [3.8, 4) is 11.1 Å². The van der Waals surface area contributed by atoms with Crippen LogP contribution in [-0.4, -0.2) is 52.4 Å². The zero-order chi connectivity index (χ0) is 22.4. The molecule has 0 amide bonds. The Bertz CT molecular complexity index is 1030. The molecule has 0 unspecified atom stereocenters. The minimum atomic E-state index is -0.584. The van der Waals surface area contributed by atoms with Crippen molar-refractivity contribution in [3.63, 3.8) is 0 Å². The van der Waals surface area contributed by atoms with Crippen molar-refractivity contribution < 1.29 is 9.84 Å². The average Bonchev–Trinajstić information content (AvgIpc) is 3.13. The van der Waals surface area contributed by atoms with Gasteiger partial charge in [0, 0.05) is 29.1 Å². The fraction of sp³-hybridized carbons (Fsp3) is 0.478. The summed E-state index contributed by atoms with van der Waals surface area (Å²) in [4.78, 5) is 23.3. The molecule has 2 heterocycles. The molecule has 0 fully saturated rings. The van der Waals surface area contributed by atoms with Crippen LogP contribution < -0.4 is 5.56 Å². The van der Waals surface area contributed by atoms with E-state index in [1.54, 1.807) is 0 Å². The second-order valence-electron chi connectivity index (χ2n) is 8.17. The molecule has 1 atom stereocenters. The van der Waals surface area contributed by atoms with E-state index in [4.69, 9.17) is 21.3 Å². The van der Waals surface area contributed by atoms with Gasteiger partial charge < -0.3 is 14.8 Å². The van der Waals surface area contributed by atoms with Gasteiger partial charge in [-0.1, -0.05) is 44.5 Å². The van der Waals surface area contributed by atoms with Gasteiger partial charge in [-0.3, -0.25) is 9.69 Å².